The van der Waals surface area contributed by atoms with E-state index in [1.165, 1.54) is 11.8 Å². The van der Waals surface area contributed by atoms with E-state index in [-0.39, 0.29) is 5.91 Å². The quantitative estimate of drug-likeness (QED) is 0.757. The smallest absolute Gasteiger partial charge is 0.233 e. The Morgan fingerprint density at radius 2 is 2.40 bits per heavy atom. The molecule has 0 spiro atoms. The monoisotopic (exact) mass is 227 g/mol. The highest BCUT2D eigenvalue weighted by Crippen LogP contribution is 2.12. The molecule has 0 radical (unpaired) electrons. The third-order valence-electron chi connectivity index (χ3n) is 2.17. The van der Waals surface area contributed by atoms with Crippen LogP contribution in [0.15, 0.2) is 17.6 Å². The number of thioether (sulfide) groups is 1. The van der Waals surface area contributed by atoms with Crippen molar-refractivity contribution in [2.75, 3.05) is 32.1 Å². The van der Waals surface area contributed by atoms with Crippen molar-refractivity contribution in [1.29, 1.82) is 0 Å². The lowest BCUT2D eigenvalue weighted by Gasteiger charge is -2.26. The van der Waals surface area contributed by atoms with Gasteiger partial charge in [0, 0.05) is 25.5 Å². The Morgan fingerprint density at radius 1 is 1.60 bits per heavy atom. The number of nitrogens with zero attached hydrogens (tertiary/aromatic N) is 2. The minimum atomic E-state index is 0.153. The summed E-state index contributed by atoms with van der Waals surface area (Å²) < 4.78 is 5.18. The number of hydrogen-bond acceptors (Lipinski definition) is 4. The van der Waals surface area contributed by atoms with Gasteiger partial charge in [-0.2, -0.15) is 0 Å². The van der Waals surface area contributed by atoms with Crippen LogP contribution in [0.2, 0.25) is 0 Å². The Kier molecular flexibility index (Phi) is 3.63. The van der Waals surface area contributed by atoms with E-state index in [1.807, 2.05) is 4.90 Å². The lowest BCUT2D eigenvalue weighted by atomic mass is 10.4. The molecule has 1 aromatic rings. The van der Waals surface area contributed by atoms with E-state index in [2.05, 4.69) is 9.97 Å². The summed E-state index contributed by atoms with van der Waals surface area (Å²) in [4.78, 5) is 20.5. The van der Waals surface area contributed by atoms with Gasteiger partial charge in [0.25, 0.3) is 0 Å². The fourth-order valence-corrected chi connectivity index (χ4v) is 2.09. The van der Waals surface area contributed by atoms with Crippen LogP contribution >= 0.6 is 11.8 Å². The molecule has 82 valence electrons. The van der Waals surface area contributed by atoms with Gasteiger partial charge in [-0.1, -0.05) is 11.8 Å². The number of H-pyrrole nitrogens is 1. The summed E-state index contributed by atoms with van der Waals surface area (Å²) in [5.74, 6) is 0.591. The predicted molar refractivity (Wildman–Crippen MR) is 56.7 cm³/mol. The summed E-state index contributed by atoms with van der Waals surface area (Å²) in [7, 11) is 0. The number of aromatic amines is 1. The molecule has 15 heavy (non-hydrogen) atoms. The molecule has 1 amide bonds. The molecule has 1 aliphatic heterocycles. The van der Waals surface area contributed by atoms with Crippen molar-refractivity contribution in [2.45, 2.75) is 5.16 Å². The van der Waals surface area contributed by atoms with E-state index in [9.17, 15) is 4.79 Å². The van der Waals surface area contributed by atoms with E-state index < -0.39 is 0 Å². The SMILES string of the molecule is O=C(CSc1ncc[nH]1)N1CCOCC1. The first-order valence-corrected chi connectivity index (χ1v) is 5.82. The normalized spacial score (nSPS) is 16.7. The van der Waals surface area contributed by atoms with Crippen molar-refractivity contribution in [3.63, 3.8) is 0 Å². The molecule has 0 aromatic carbocycles. The standard InChI is InChI=1S/C9H13N3O2S/c13-8(12-3-5-14-6-4-12)7-15-9-10-1-2-11-9/h1-2H,3-7H2,(H,10,11). The molecule has 2 heterocycles. The third kappa shape index (κ3) is 2.97. The van der Waals surface area contributed by atoms with E-state index in [1.54, 1.807) is 12.4 Å². The Bertz CT molecular complexity index is 309. The Hall–Kier alpha value is -1.01. The lowest BCUT2D eigenvalue weighted by molar-refractivity contribution is -0.132. The molecule has 0 atom stereocenters. The number of morpholine rings is 1. The van der Waals surface area contributed by atoms with Gasteiger partial charge in [0.05, 0.1) is 19.0 Å². The van der Waals surface area contributed by atoms with Gasteiger partial charge in [0.15, 0.2) is 5.16 Å². The highest BCUT2D eigenvalue weighted by atomic mass is 32.2. The average Bonchev–Trinajstić information content (AvgIpc) is 2.80. The molecular formula is C9H13N3O2S. The number of aromatic nitrogens is 2. The van der Waals surface area contributed by atoms with Crippen LogP contribution in [0.5, 0.6) is 0 Å². The van der Waals surface area contributed by atoms with Gasteiger partial charge >= 0.3 is 0 Å². The van der Waals surface area contributed by atoms with Gasteiger partial charge in [-0.15, -0.1) is 0 Å². The van der Waals surface area contributed by atoms with Gasteiger partial charge < -0.3 is 14.6 Å². The maximum Gasteiger partial charge on any atom is 0.233 e. The lowest BCUT2D eigenvalue weighted by Crippen LogP contribution is -2.41. The first-order chi connectivity index (χ1) is 7.36. The molecule has 1 N–H and O–H groups in total. The maximum atomic E-state index is 11.7. The van der Waals surface area contributed by atoms with Crippen molar-refractivity contribution < 1.29 is 9.53 Å². The zero-order valence-corrected chi connectivity index (χ0v) is 9.13. The molecule has 1 saturated heterocycles. The van der Waals surface area contributed by atoms with Crippen LogP contribution in [0.3, 0.4) is 0 Å². The zero-order chi connectivity index (χ0) is 10.5. The average molecular weight is 227 g/mol. The number of ether oxygens (including phenoxy) is 1. The van der Waals surface area contributed by atoms with Crippen molar-refractivity contribution >= 4 is 17.7 Å². The topological polar surface area (TPSA) is 58.2 Å². The van der Waals surface area contributed by atoms with E-state index in [0.29, 0.717) is 32.1 Å². The van der Waals surface area contributed by atoms with Crippen LogP contribution < -0.4 is 0 Å². The van der Waals surface area contributed by atoms with Gasteiger partial charge in [0.1, 0.15) is 0 Å². The Balaban J connectivity index is 1.76. The first kappa shape index (κ1) is 10.5. The second kappa shape index (κ2) is 5.18. The van der Waals surface area contributed by atoms with Crippen LogP contribution in [0.1, 0.15) is 0 Å². The number of amides is 1. The second-order valence-electron chi connectivity index (χ2n) is 3.18. The Morgan fingerprint density at radius 3 is 3.07 bits per heavy atom. The number of imidazole rings is 1. The number of nitrogens with one attached hydrogen (secondary N) is 1. The number of hydrogen-bond donors (Lipinski definition) is 1. The Labute approximate surface area is 92.2 Å². The molecule has 0 saturated carbocycles. The summed E-state index contributed by atoms with van der Waals surface area (Å²) in [5.41, 5.74) is 0. The van der Waals surface area contributed by atoms with Crippen molar-refractivity contribution in [3.8, 4) is 0 Å². The largest absolute Gasteiger partial charge is 0.378 e. The summed E-state index contributed by atoms with van der Waals surface area (Å²) in [5, 5.41) is 0.789. The highest BCUT2D eigenvalue weighted by Gasteiger charge is 2.16. The fourth-order valence-electron chi connectivity index (χ4n) is 1.36. The number of rotatable bonds is 3. The molecule has 6 heteroatoms. The molecule has 2 rings (SSSR count). The summed E-state index contributed by atoms with van der Waals surface area (Å²) in [6.07, 6.45) is 3.43. The molecule has 0 bridgehead atoms. The minimum absolute atomic E-state index is 0.153. The van der Waals surface area contributed by atoms with Gasteiger partial charge in [-0.3, -0.25) is 4.79 Å². The number of carbonyl (C=O) groups is 1. The van der Waals surface area contributed by atoms with Gasteiger partial charge in [-0.25, -0.2) is 4.98 Å². The van der Waals surface area contributed by atoms with Crippen molar-refractivity contribution in [2.24, 2.45) is 0 Å². The second-order valence-corrected chi connectivity index (χ2v) is 4.14. The first-order valence-electron chi connectivity index (χ1n) is 4.84. The third-order valence-corrected chi connectivity index (χ3v) is 3.06. The van der Waals surface area contributed by atoms with E-state index in [0.717, 1.165) is 5.16 Å². The maximum absolute atomic E-state index is 11.7. The summed E-state index contributed by atoms with van der Waals surface area (Å²) in [6, 6.07) is 0. The van der Waals surface area contributed by atoms with Crippen LogP contribution in [0.4, 0.5) is 0 Å². The van der Waals surface area contributed by atoms with E-state index in [4.69, 9.17) is 4.74 Å². The summed E-state index contributed by atoms with van der Waals surface area (Å²) >= 11 is 1.43. The van der Waals surface area contributed by atoms with Crippen LogP contribution in [-0.4, -0.2) is 52.8 Å². The van der Waals surface area contributed by atoms with Gasteiger partial charge in [0.2, 0.25) is 5.91 Å². The van der Waals surface area contributed by atoms with Crippen LogP contribution in [0, 0.1) is 0 Å². The van der Waals surface area contributed by atoms with Crippen LogP contribution in [0.25, 0.3) is 0 Å². The molecular weight excluding hydrogens is 214 g/mol. The van der Waals surface area contributed by atoms with Crippen molar-refractivity contribution in [1.82, 2.24) is 14.9 Å². The minimum Gasteiger partial charge on any atom is -0.378 e. The molecule has 1 aromatic heterocycles. The van der Waals surface area contributed by atoms with Crippen LogP contribution in [-0.2, 0) is 9.53 Å². The predicted octanol–water partition coefficient (Wildman–Crippen LogP) is 0.361. The highest BCUT2D eigenvalue weighted by molar-refractivity contribution is 7.99. The van der Waals surface area contributed by atoms with Crippen molar-refractivity contribution in [3.05, 3.63) is 12.4 Å². The van der Waals surface area contributed by atoms with Gasteiger partial charge in [-0.05, 0) is 0 Å². The summed E-state index contributed by atoms with van der Waals surface area (Å²) in [6.45, 7) is 2.71. The number of carbonyl (C=O) groups excluding carboxylic acids is 1. The van der Waals surface area contributed by atoms with E-state index >= 15 is 0 Å². The molecule has 1 fully saturated rings. The molecule has 0 aliphatic carbocycles. The molecule has 0 unspecified atom stereocenters. The zero-order valence-electron chi connectivity index (χ0n) is 8.31. The molecule has 1 aliphatic rings. The molecule has 5 nitrogen and oxygen atoms in total. The fraction of sp³-hybridized carbons (Fsp3) is 0.556.